The van der Waals surface area contributed by atoms with Gasteiger partial charge in [-0.15, -0.1) is 0 Å². The van der Waals surface area contributed by atoms with Gasteiger partial charge in [-0.3, -0.25) is 20.7 Å². The second kappa shape index (κ2) is 4.85. The zero-order valence-electron chi connectivity index (χ0n) is 10.7. The molecule has 3 rings (SSSR count). The fourth-order valence-electron chi connectivity index (χ4n) is 2.44. The van der Waals surface area contributed by atoms with Gasteiger partial charge in [0.1, 0.15) is 11.7 Å². The van der Waals surface area contributed by atoms with Gasteiger partial charge in [0.25, 0.3) is 0 Å². The van der Waals surface area contributed by atoms with Crippen molar-refractivity contribution >= 4 is 17.9 Å². The molecule has 0 atom stereocenters. The molecule has 0 radical (unpaired) electrons. The molecule has 0 saturated carbocycles. The van der Waals surface area contributed by atoms with Crippen LogP contribution in [-0.4, -0.2) is 17.2 Å². The Morgan fingerprint density at radius 1 is 1.15 bits per heavy atom. The average molecular weight is 268 g/mol. The first kappa shape index (κ1) is 12.5. The van der Waals surface area contributed by atoms with E-state index in [0.29, 0.717) is 12.3 Å². The van der Waals surface area contributed by atoms with Crippen LogP contribution >= 0.6 is 0 Å². The third kappa shape index (κ3) is 2.07. The highest BCUT2D eigenvalue weighted by Gasteiger charge is 2.20. The van der Waals surface area contributed by atoms with Crippen molar-refractivity contribution in [3.05, 3.63) is 48.0 Å². The molecular formula is C15H13FN4. The van der Waals surface area contributed by atoms with Gasteiger partial charge >= 0.3 is 0 Å². The van der Waals surface area contributed by atoms with E-state index in [4.69, 9.17) is 10.8 Å². The Labute approximate surface area is 115 Å². The van der Waals surface area contributed by atoms with Crippen molar-refractivity contribution in [3.63, 3.8) is 0 Å². The molecule has 5 heteroatoms. The zero-order valence-corrected chi connectivity index (χ0v) is 10.7. The van der Waals surface area contributed by atoms with Crippen molar-refractivity contribution in [1.29, 1.82) is 10.8 Å². The quantitative estimate of drug-likeness (QED) is 0.648. The Hall–Kier alpha value is -2.56. The molecule has 2 N–H and O–H groups in total. The summed E-state index contributed by atoms with van der Waals surface area (Å²) in [6.07, 6.45) is 5.33. The minimum atomic E-state index is -0.358. The van der Waals surface area contributed by atoms with E-state index in [0.717, 1.165) is 35.1 Å². The van der Waals surface area contributed by atoms with E-state index >= 15 is 0 Å². The number of aromatic nitrogens is 1. The number of hydrogen-bond acceptors (Lipinski definition) is 3. The van der Waals surface area contributed by atoms with Crippen molar-refractivity contribution in [3.8, 4) is 11.1 Å². The van der Waals surface area contributed by atoms with E-state index < -0.39 is 0 Å². The number of anilines is 1. The molecule has 0 bridgehead atoms. The molecule has 1 aromatic carbocycles. The SMILES string of the molecule is N=CN1C(=N)CCc2cc(-c3cncc(F)c3)ccc21. The van der Waals surface area contributed by atoms with Crippen LogP contribution < -0.4 is 4.90 Å². The summed E-state index contributed by atoms with van der Waals surface area (Å²) in [5.74, 6) is 0.0655. The Balaban J connectivity index is 2.06. The van der Waals surface area contributed by atoms with Gasteiger partial charge in [0.15, 0.2) is 0 Å². The Morgan fingerprint density at radius 3 is 2.75 bits per heavy atom. The number of halogens is 1. The van der Waals surface area contributed by atoms with Crippen LogP contribution in [0.25, 0.3) is 11.1 Å². The van der Waals surface area contributed by atoms with Gasteiger partial charge in [-0.05, 0) is 35.7 Å². The summed E-state index contributed by atoms with van der Waals surface area (Å²) in [7, 11) is 0. The lowest BCUT2D eigenvalue weighted by atomic mass is 9.96. The van der Waals surface area contributed by atoms with E-state index in [1.807, 2.05) is 18.2 Å². The average Bonchev–Trinajstić information content (AvgIpc) is 2.47. The molecule has 20 heavy (non-hydrogen) atoms. The number of pyridine rings is 1. The number of amidine groups is 1. The smallest absolute Gasteiger partial charge is 0.142 e. The number of hydrogen-bond donors (Lipinski definition) is 2. The summed E-state index contributed by atoms with van der Waals surface area (Å²) >= 11 is 0. The van der Waals surface area contributed by atoms with Crippen molar-refractivity contribution in [2.45, 2.75) is 12.8 Å². The van der Waals surface area contributed by atoms with Gasteiger partial charge < -0.3 is 0 Å². The van der Waals surface area contributed by atoms with Gasteiger partial charge in [-0.25, -0.2) is 4.39 Å². The van der Waals surface area contributed by atoms with Gasteiger partial charge in [-0.2, -0.15) is 0 Å². The lowest BCUT2D eigenvalue weighted by molar-refractivity contribution is 0.622. The Kier molecular flexibility index (Phi) is 3.02. The van der Waals surface area contributed by atoms with E-state index in [1.54, 1.807) is 11.1 Å². The lowest BCUT2D eigenvalue weighted by Gasteiger charge is -2.28. The molecule has 0 aliphatic carbocycles. The highest BCUT2D eigenvalue weighted by Crippen LogP contribution is 2.31. The molecule has 1 aliphatic rings. The summed E-state index contributed by atoms with van der Waals surface area (Å²) in [5, 5.41) is 15.2. The number of nitrogens with zero attached hydrogens (tertiary/aromatic N) is 2. The molecule has 4 nitrogen and oxygen atoms in total. The topological polar surface area (TPSA) is 63.8 Å². The summed E-state index contributed by atoms with van der Waals surface area (Å²) in [6, 6.07) is 7.17. The maximum atomic E-state index is 13.2. The summed E-state index contributed by atoms with van der Waals surface area (Å²) in [6.45, 7) is 0. The van der Waals surface area contributed by atoms with E-state index in [1.165, 1.54) is 12.3 Å². The number of nitrogens with one attached hydrogen (secondary N) is 2. The minimum absolute atomic E-state index is 0.358. The Morgan fingerprint density at radius 2 is 2.00 bits per heavy atom. The van der Waals surface area contributed by atoms with E-state index in [2.05, 4.69) is 4.98 Å². The molecule has 0 unspecified atom stereocenters. The first-order chi connectivity index (χ1) is 9.69. The van der Waals surface area contributed by atoms with Crippen LogP contribution in [0.5, 0.6) is 0 Å². The minimum Gasteiger partial charge on any atom is -0.291 e. The highest BCUT2D eigenvalue weighted by atomic mass is 19.1. The van der Waals surface area contributed by atoms with Crippen LogP contribution in [0.4, 0.5) is 10.1 Å². The summed E-state index contributed by atoms with van der Waals surface area (Å²) in [4.78, 5) is 5.42. The maximum Gasteiger partial charge on any atom is 0.142 e. The normalized spacial score (nSPS) is 14.1. The number of fused-ring (bicyclic) bond motifs is 1. The predicted molar refractivity (Wildman–Crippen MR) is 76.9 cm³/mol. The first-order valence-electron chi connectivity index (χ1n) is 6.30. The molecule has 100 valence electrons. The van der Waals surface area contributed by atoms with Crippen molar-refractivity contribution < 1.29 is 4.39 Å². The number of rotatable bonds is 2. The highest BCUT2D eigenvalue weighted by molar-refractivity contribution is 6.11. The van der Waals surface area contributed by atoms with Crippen molar-refractivity contribution in [2.24, 2.45) is 0 Å². The zero-order chi connectivity index (χ0) is 14.1. The predicted octanol–water partition coefficient (Wildman–Crippen LogP) is 3.22. The standard InChI is InChI=1S/C15H13FN4/c16-13-6-12(7-19-8-13)10-1-3-14-11(5-10)2-4-15(18)20(14)9-17/h1,3,5-9,17-18H,2,4H2. The van der Waals surface area contributed by atoms with Crippen LogP contribution in [0.3, 0.4) is 0 Å². The lowest BCUT2D eigenvalue weighted by Crippen LogP contribution is -2.32. The third-order valence-corrected chi connectivity index (χ3v) is 3.43. The second-order valence-electron chi connectivity index (χ2n) is 4.68. The van der Waals surface area contributed by atoms with Crippen LogP contribution in [0, 0.1) is 16.6 Å². The maximum absolute atomic E-state index is 13.2. The largest absolute Gasteiger partial charge is 0.291 e. The fourth-order valence-corrected chi connectivity index (χ4v) is 2.44. The Bertz CT molecular complexity index is 696. The molecule has 2 heterocycles. The third-order valence-electron chi connectivity index (χ3n) is 3.43. The molecule has 1 aromatic heterocycles. The van der Waals surface area contributed by atoms with E-state index in [9.17, 15) is 4.39 Å². The van der Waals surface area contributed by atoms with Crippen LogP contribution in [0.15, 0.2) is 36.7 Å². The molecule has 0 spiro atoms. The van der Waals surface area contributed by atoms with Gasteiger partial charge in [0.2, 0.25) is 0 Å². The number of benzene rings is 1. The van der Waals surface area contributed by atoms with Crippen molar-refractivity contribution in [1.82, 2.24) is 4.98 Å². The molecule has 2 aromatic rings. The van der Waals surface area contributed by atoms with Crippen LogP contribution in [0.2, 0.25) is 0 Å². The van der Waals surface area contributed by atoms with Crippen LogP contribution in [0.1, 0.15) is 12.0 Å². The first-order valence-corrected chi connectivity index (χ1v) is 6.30. The molecule has 1 aliphatic heterocycles. The van der Waals surface area contributed by atoms with Crippen LogP contribution in [-0.2, 0) is 6.42 Å². The van der Waals surface area contributed by atoms with Gasteiger partial charge in [-0.1, -0.05) is 6.07 Å². The fraction of sp³-hybridized carbons (Fsp3) is 0.133. The second-order valence-corrected chi connectivity index (χ2v) is 4.68. The monoisotopic (exact) mass is 268 g/mol. The van der Waals surface area contributed by atoms with Gasteiger partial charge in [0, 0.05) is 18.2 Å². The van der Waals surface area contributed by atoms with Crippen molar-refractivity contribution in [2.75, 3.05) is 4.90 Å². The number of aryl methyl sites for hydroxylation is 1. The summed E-state index contributed by atoms with van der Waals surface area (Å²) < 4.78 is 13.2. The molecule has 0 amide bonds. The summed E-state index contributed by atoms with van der Waals surface area (Å²) in [5.41, 5.74) is 3.54. The molecular weight excluding hydrogens is 255 g/mol. The molecule has 0 saturated heterocycles. The molecule has 0 fully saturated rings. The van der Waals surface area contributed by atoms with E-state index in [-0.39, 0.29) is 5.82 Å². The van der Waals surface area contributed by atoms with Gasteiger partial charge in [0.05, 0.1) is 18.2 Å².